The molecule has 35 heavy (non-hydrogen) atoms. The van der Waals surface area contributed by atoms with Crippen LogP contribution in [0.1, 0.15) is 36.9 Å². The molecule has 8 heteroatoms. The first kappa shape index (κ1) is 21.5. The number of anilines is 1. The highest BCUT2D eigenvalue weighted by atomic mass is 16.3. The number of aliphatic hydroxyl groups is 1. The van der Waals surface area contributed by atoms with Crippen LogP contribution in [0.15, 0.2) is 67.3 Å². The van der Waals surface area contributed by atoms with Gasteiger partial charge in [0, 0.05) is 47.7 Å². The van der Waals surface area contributed by atoms with Crippen molar-refractivity contribution in [2.45, 2.75) is 31.3 Å². The first-order valence-electron chi connectivity index (χ1n) is 11.9. The number of aromatic amines is 1. The van der Waals surface area contributed by atoms with E-state index in [1.807, 2.05) is 68.2 Å². The fourth-order valence-corrected chi connectivity index (χ4v) is 5.37. The average molecular weight is 466 g/mol. The molecule has 5 aromatic rings. The number of nitrogen functional groups attached to an aromatic ring is 1. The maximum Gasteiger partial charge on any atom is 0.220 e. The standard InChI is InChI=1S/C27H27N7O/c1-34-16-18(14-31-34)17-11-21-22(15-30-25(21)29-13-17)23-12-24(33-26(28)32-23)27(35,20-9-5-6-10-20)19-7-3-2-4-8-19/h2-4,7-8,11-16,20,35H,5-6,9-10H2,1H3,(H,29,30)(H2,28,32,33). The second-order valence-electron chi connectivity index (χ2n) is 9.34. The third-order valence-corrected chi connectivity index (χ3v) is 7.14. The fourth-order valence-electron chi connectivity index (χ4n) is 5.37. The van der Waals surface area contributed by atoms with Gasteiger partial charge in [0.2, 0.25) is 5.95 Å². The van der Waals surface area contributed by atoms with E-state index in [-0.39, 0.29) is 11.9 Å². The van der Waals surface area contributed by atoms with Crippen molar-refractivity contribution in [3.8, 4) is 22.4 Å². The Balaban J connectivity index is 1.50. The number of aromatic nitrogens is 6. The van der Waals surface area contributed by atoms with Crippen LogP contribution in [-0.2, 0) is 12.6 Å². The Labute approximate surface area is 202 Å². The van der Waals surface area contributed by atoms with Gasteiger partial charge in [-0.25, -0.2) is 15.0 Å². The van der Waals surface area contributed by atoms with Crippen LogP contribution in [0.25, 0.3) is 33.4 Å². The first-order chi connectivity index (χ1) is 17.0. The molecule has 1 aliphatic carbocycles. The second kappa shape index (κ2) is 8.32. The van der Waals surface area contributed by atoms with E-state index >= 15 is 0 Å². The van der Waals surface area contributed by atoms with Gasteiger partial charge in [0.15, 0.2) is 0 Å². The lowest BCUT2D eigenvalue weighted by molar-refractivity contribution is 0.0148. The molecule has 176 valence electrons. The van der Waals surface area contributed by atoms with Crippen LogP contribution in [0.4, 0.5) is 5.95 Å². The number of hydrogen-bond acceptors (Lipinski definition) is 6. The molecular weight excluding hydrogens is 438 g/mol. The molecule has 0 aliphatic heterocycles. The van der Waals surface area contributed by atoms with Gasteiger partial charge < -0.3 is 15.8 Å². The summed E-state index contributed by atoms with van der Waals surface area (Å²) < 4.78 is 1.77. The average Bonchev–Trinajstić information content (AvgIpc) is 3.64. The van der Waals surface area contributed by atoms with Gasteiger partial charge in [0.1, 0.15) is 11.2 Å². The molecule has 1 saturated carbocycles. The van der Waals surface area contributed by atoms with Crippen molar-refractivity contribution in [3.05, 3.63) is 78.5 Å². The Kier molecular flexibility index (Phi) is 5.11. The number of benzene rings is 1. The van der Waals surface area contributed by atoms with E-state index in [0.717, 1.165) is 59.0 Å². The minimum atomic E-state index is -1.24. The summed E-state index contributed by atoms with van der Waals surface area (Å²) in [5.74, 6) is 0.199. The van der Waals surface area contributed by atoms with Gasteiger partial charge in [-0.1, -0.05) is 43.2 Å². The number of nitrogens with zero attached hydrogens (tertiary/aromatic N) is 5. The molecule has 0 spiro atoms. The first-order valence-corrected chi connectivity index (χ1v) is 11.9. The van der Waals surface area contributed by atoms with Crippen molar-refractivity contribution in [2.24, 2.45) is 13.0 Å². The van der Waals surface area contributed by atoms with E-state index in [0.29, 0.717) is 11.4 Å². The molecule has 0 radical (unpaired) electrons. The lowest BCUT2D eigenvalue weighted by Gasteiger charge is -2.34. The maximum atomic E-state index is 12.2. The molecule has 4 aromatic heterocycles. The Morgan fingerprint density at radius 1 is 1.06 bits per heavy atom. The number of nitrogens with two attached hydrogens (primary N) is 1. The largest absolute Gasteiger partial charge is 0.378 e. The minimum absolute atomic E-state index is 0.0638. The number of fused-ring (bicyclic) bond motifs is 1. The molecule has 0 amide bonds. The number of hydrogen-bond donors (Lipinski definition) is 3. The minimum Gasteiger partial charge on any atom is -0.378 e. The van der Waals surface area contributed by atoms with Gasteiger partial charge in [-0.15, -0.1) is 0 Å². The summed E-state index contributed by atoms with van der Waals surface area (Å²) in [7, 11) is 1.89. The molecule has 4 heterocycles. The van der Waals surface area contributed by atoms with E-state index in [1.165, 1.54) is 0 Å². The molecule has 1 unspecified atom stereocenters. The van der Waals surface area contributed by atoms with E-state index in [2.05, 4.69) is 31.1 Å². The van der Waals surface area contributed by atoms with Crippen LogP contribution in [0.3, 0.4) is 0 Å². The lowest BCUT2D eigenvalue weighted by atomic mass is 9.77. The van der Waals surface area contributed by atoms with Gasteiger partial charge in [-0.05, 0) is 36.5 Å². The molecule has 4 N–H and O–H groups in total. The van der Waals surface area contributed by atoms with Crippen molar-refractivity contribution in [3.63, 3.8) is 0 Å². The van der Waals surface area contributed by atoms with Crippen LogP contribution >= 0.6 is 0 Å². The Morgan fingerprint density at radius 3 is 2.60 bits per heavy atom. The third-order valence-electron chi connectivity index (χ3n) is 7.14. The van der Waals surface area contributed by atoms with Crippen LogP contribution in [0, 0.1) is 5.92 Å². The van der Waals surface area contributed by atoms with Crippen LogP contribution in [0.2, 0.25) is 0 Å². The highest BCUT2D eigenvalue weighted by molar-refractivity contribution is 5.95. The summed E-state index contributed by atoms with van der Waals surface area (Å²) in [4.78, 5) is 17.0. The molecule has 1 atom stereocenters. The highest BCUT2D eigenvalue weighted by Crippen LogP contribution is 2.45. The molecule has 6 rings (SSSR count). The van der Waals surface area contributed by atoms with E-state index in [4.69, 9.17) is 5.73 Å². The van der Waals surface area contributed by atoms with Gasteiger partial charge in [0.05, 0.1) is 17.6 Å². The quantitative estimate of drug-likeness (QED) is 0.353. The van der Waals surface area contributed by atoms with Gasteiger partial charge in [0.25, 0.3) is 0 Å². The molecule has 8 nitrogen and oxygen atoms in total. The zero-order valence-electron chi connectivity index (χ0n) is 19.5. The number of H-pyrrole nitrogens is 1. The smallest absolute Gasteiger partial charge is 0.220 e. The zero-order valence-corrected chi connectivity index (χ0v) is 19.5. The third kappa shape index (κ3) is 3.66. The number of nitrogens with one attached hydrogen (secondary N) is 1. The van der Waals surface area contributed by atoms with Crippen molar-refractivity contribution >= 4 is 17.0 Å². The summed E-state index contributed by atoms with van der Waals surface area (Å²) in [6.45, 7) is 0. The monoisotopic (exact) mass is 465 g/mol. The highest BCUT2D eigenvalue weighted by Gasteiger charge is 2.43. The zero-order chi connectivity index (χ0) is 24.0. The summed E-state index contributed by atoms with van der Waals surface area (Å²) in [6, 6.07) is 13.7. The normalized spacial score (nSPS) is 16.1. The Morgan fingerprint density at radius 2 is 1.86 bits per heavy atom. The molecule has 0 saturated heterocycles. The molecule has 0 bridgehead atoms. The molecule has 1 fully saturated rings. The van der Waals surface area contributed by atoms with E-state index in [1.54, 1.807) is 4.68 Å². The van der Waals surface area contributed by atoms with Crippen LogP contribution < -0.4 is 5.73 Å². The van der Waals surface area contributed by atoms with Crippen molar-refractivity contribution < 1.29 is 5.11 Å². The summed E-state index contributed by atoms with van der Waals surface area (Å²) in [5, 5.41) is 17.4. The van der Waals surface area contributed by atoms with Gasteiger partial charge in [-0.3, -0.25) is 4.68 Å². The SMILES string of the molecule is Cn1cc(-c2cnc3[nH]cc(-c4cc(C(O)(c5ccccc5)C5CCCC5)nc(N)n4)c3c2)cn1. The predicted octanol–water partition coefficient (Wildman–Crippen LogP) is 4.43. The van der Waals surface area contributed by atoms with Crippen molar-refractivity contribution in [2.75, 3.05) is 5.73 Å². The number of aryl methyl sites for hydroxylation is 1. The summed E-state index contributed by atoms with van der Waals surface area (Å²) in [6.07, 6.45) is 11.6. The lowest BCUT2D eigenvalue weighted by Crippen LogP contribution is -2.36. The number of rotatable bonds is 5. The van der Waals surface area contributed by atoms with Gasteiger partial charge >= 0.3 is 0 Å². The van der Waals surface area contributed by atoms with E-state index < -0.39 is 5.60 Å². The topological polar surface area (TPSA) is 119 Å². The van der Waals surface area contributed by atoms with Crippen molar-refractivity contribution in [1.82, 2.24) is 29.7 Å². The van der Waals surface area contributed by atoms with Gasteiger partial charge in [-0.2, -0.15) is 5.10 Å². The fraction of sp³-hybridized carbons (Fsp3) is 0.259. The molecule has 1 aliphatic rings. The van der Waals surface area contributed by atoms with E-state index in [9.17, 15) is 5.11 Å². The maximum absolute atomic E-state index is 12.2. The Hall–Kier alpha value is -4.04. The van der Waals surface area contributed by atoms with Crippen molar-refractivity contribution in [1.29, 1.82) is 0 Å². The summed E-state index contributed by atoms with van der Waals surface area (Å²) in [5.41, 5.74) is 10.6. The van der Waals surface area contributed by atoms with Crippen LogP contribution in [0.5, 0.6) is 0 Å². The summed E-state index contributed by atoms with van der Waals surface area (Å²) >= 11 is 0. The predicted molar refractivity (Wildman–Crippen MR) is 135 cm³/mol. The van der Waals surface area contributed by atoms with Crippen LogP contribution in [-0.4, -0.2) is 34.8 Å². The second-order valence-corrected chi connectivity index (χ2v) is 9.34. The number of pyridine rings is 1. The molecule has 1 aromatic carbocycles. The molecular formula is C27H27N7O. The Bertz CT molecular complexity index is 1500.